The maximum Gasteiger partial charge on any atom is 0.229 e. The Kier molecular flexibility index (Phi) is 4.02. The number of nitrogens with two attached hydrogens (primary N) is 1. The number of aromatic nitrogens is 1. The van der Waals surface area contributed by atoms with E-state index in [0.717, 1.165) is 16.1 Å². The highest BCUT2D eigenvalue weighted by molar-refractivity contribution is 7.80. The third-order valence-electron chi connectivity index (χ3n) is 2.66. The van der Waals surface area contributed by atoms with Crippen LogP contribution in [0.5, 0.6) is 11.6 Å². The lowest BCUT2D eigenvalue weighted by molar-refractivity contribution is 0.461. The minimum atomic E-state index is 0.255. The van der Waals surface area contributed by atoms with Crippen LogP contribution in [0, 0.1) is 13.8 Å². The summed E-state index contributed by atoms with van der Waals surface area (Å²) in [5.74, 6) is 1.06. The van der Waals surface area contributed by atoms with E-state index in [9.17, 15) is 0 Å². The number of aryl methyl sites for hydroxylation is 2. The second-order valence-corrected chi connectivity index (χ2v) is 5.01. The van der Waals surface area contributed by atoms with Crippen LogP contribution >= 0.6 is 23.8 Å². The van der Waals surface area contributed by atoms with Crippen LogP contribution in [0.4, 0.5) is 0 Å². The summed E-state index contributed by atoms with van der Waals surface area (Å²) in [6.45, 7) is 3.85. The molecule has 0 aliphatic heterocycles. The number of ether oxygens (including phenoxy) is 1. The molecule has 98 valence electrons. The molecule has 0 saturated carbocycles. The summed E-state index contributed by atoms with van der Waals surface area (Å²) in [5, 5.41) is 0.739. The molecule has 1 heterocycles. The molecule has 0 amide bonds. The Morgan fingerprint density at radius 2 is 1.95 bits per heavy atom. The number of halogens is 1. The largest absolute Gasteiger partial charge is 0.438 e. The lowest BCUT2D eigenvalue weighted by Gasteiger charge is -2.11. The van der Waals surface area contributed by atoms with Gasteiger partial charge in [0, 0.05) is 11.2 Å². The summed E-state index contributed by atoms with van der Waals surface area (Å²) in [4.78, 5) is 4.41. The number of hydrogen-bond donors (Lipinski definition) is 1. The van der Waals surface area contributed by atoms with Gasteiger partial charge in [-0.2, -0.15) is 0 Å². The van der Waals surface area contributed by atoms with E-state index in [1.807, 2.05) is 26.0 Å². The zero-order valence-electron chi connectivity index (χ0n) is 10.6. The van der Waals surface area contributed by atoms with Crippen molar-refractivity contribution >= 4 is 28.8 Å². The smallest absolute Gasteiger partial charge is 0.229 e. The van der Waals surface area contributed by atoms with Crippen LogP contribution in [0.25, 0.3) is 0 Å². The van der Waals surface area contributed by atoms with E-state index in [4.69, 9.17) is 34.3 Å². The number of thiocarbonyl (C=S) groups is 1. The first kappa shape index (κ1) is 13.8. The van der Waals surface area contributed by atoms with Crippen molar-refractivity contribution in [3.8, 4) is 11.6 Å². The van der Waals surface area contributed by atoms with Crippen molar-refractivity contribution in [1.82, 2.24) is 4.98 Å². The molecule has 0 aliphatic carbocycles. The summed E-state index contributed by atoms with van der Waals surface area (Å²) < 4.78 is 5.75. The number of rotatable bonds is 3. The van der Waals surface area contributed by atoms with Gasteiger partial charge < -0.3 is 10.5 Å². The number of hydrogen-bond acceptors (Lipinski definition) is 3. The Balaban J connectivity index is 2.39. The minimum Gasteiger partial charge on any atom is -0.438 e. The molecule has 0 unspecified atom stereocenters. The van der Waals surface area contributed by atoms with Gasteiger partial charge in [0.2, 0.25) is 5.88 Å². The number of benzene rings is 1. The van der Waals surface area contributed by atoms with Gasteiger partial charge in [0.05, 0.1) is 5.56 Å². The first-order chi connectivity index (χ1) is 8.99. The van der Waals surface area contributed by atoms with Gasteiger partial charge in [-0.3, -0.25) is 0 Å². The van der Waals surface area contributed by atoms with Crippen molar-refractivity contribution in [1.29, 1.82) is 0 Å². The Bertz CT molecular complexity index is 620. The summed E-state index contributed by atoms with van der Waals surface area (Å²) in [6, 6.07) is 7.25. The Hall–Kier alpha value is -1.65. The average Bonchev–Trinajstić information content (AvgIpc) is 2.36. The second kappa shape index (κ2) is 5.55. The van der Waals surface area contributed by atoms with Crippen molar-refractivity contribution < 1.29 is 4.74 Å². The van der Waals surface area contributed by atoms with Crippen molar-refractivity contribution in [2.75, 3.05) is 0 Å². The standard InChI is InChI=1S/C14H13ClN2OS/c1-8-6-10(7-9(2)12(8)15)18-14-11(13(16)19)4-3-5-17-14/h3-7H,1-2H3,(H2,16,19). The lowest BCUT2D eigenvalue weighted by Crippen LogP contribution is -2.11. The highest BCUT2D eigenvalue weighted by Crippen LogP contribution is 2.29. The van der Waals surface area contributed by atoms with Gasteiger partial charge in [0.15, 0.2) is 0 Å². The molecular formula is C14H13ClN2OS. The summed E-state index contributed by atoms with van der Waals surface area (Å²) >= 11 is 11.1. The van der Waals surface area contributed by atoms with Gasteiger partial charge in [-0.25, -0.2) is 4.98 Å². The molecule has 0 fully saturated rings. The summed E-state index contributed by atoms with van der Waals surface area (Å²) in [5.41, 5.74) is 8.15. The summed E-state index contributed by atoms with van der Waals surface area (Å²) in [7, 11) is 0. The average molecular weight is 293 g/mol. The van der Waals surface area contributed by atoms with Crippen LogP contribution in [0.15, 0.2) is 30.5 Å². The Morgan fingerprint density at radius 1 is 1.32 bits per heavy atom. The predicted octanol–water partition coefficient (Wildman–Crippen LogP) is 3.78. The molecule has 1 aromatic carbocycles. The van der Waals surface area contributed by atoms with Crippen LogP contribution in [0.2, 0.25) is 5.02 Å². The Labute approximate surface area is 122 Å². The molecule has 1 aromatic heterocycles. The van der Waals surface area contributed by atoms with Crippen molar-refractivity contribution in [2.24, 2.45) is 5.73 Å². The Morgan fingerprint density at radius 3 is 2.53 bits per heavy atom. The van der Waals surface area contributed by atoms with E-state index < -0.39 is 0 Å². The number of nitrogens with zero attached hydrogens (tertiary/aromatic N) is 1. The zero-order chi connectivity index (χ0) is 14.0. The molecule has 0 aliphatic rings. The van der Waals surface area contributed by atoms with Gasteiger partial charge in [-0.15, -0.1) is 0 Å². The molecule has 2 rings (SSSR count). The number of pyridine rings is 1. The molecule has 2 aromatic rings. The van der Waals surface area contributed by atoms with E-state index >= 15 is 0 Å². The normalized spacial score (nSPS) is 10.3. The van der Waals surface area contributed by atoms with Crippen LogP contribution in [0.3, 0.4) is 0 Å². The molecule has 0 bridgehead atoms. The van der Waals surface area contributed by atoms with Crippen LogP contribution in [-0.2, 0) is 0 Å². The quantitative estimate of drug-likeness (QED) is 0.875. The summed E-state index contributed by atoms with van der Waals surface area (Å²) in [6.07, 6.45) is 1.63. The zero-order valence-corrected chi connectivity index (χ0v) is 12.2. The highest BCUT2D eigenvalue weighted by atomic mass is 35.5. The molecule has 2 N–H and O–H groups in total. The van der Waals surface area contributed by atoms with Gasteiger partial charge in [0.25, 0.3) is 0 Å². The van der Waals surface area contributed by atoms with E-state index in [0.29, 0.717) is 17.2 Å². The third-order valence-corrected chi connectivity index (χ3v) is 3.48. The SMILES string of the molecule is Cc1cc(Oc2ncccc2C(N)=S)cc(C)c1Cl. The molecule has 0 atom stereocenters. The second-order valence-electron chi connectivity index (χ2n) is 4.19. The maximum absolute atomic E-state index is 6.12. The van der Waals surface area contributed by atoms with Gasteiger partial charge >= 0.3 is 0 Å². The predicted molar refractivity (Wildman–Crippen MR) is 81.1 cm³/mol. The van der Waals surface area contributed by atoms with E-state index in [-0.39, 0.29) is 4.99 Å². The highest BCUT2D eigenvalue weighted by Gasteiger charge is 2.10. The van der Waals surface area contributed by atoms with Gasteiger partial charge in [-0.1, -0.05) is 23.8 Å². The van der Waals surface area contributed by atoms with E-state index in [2.05, 4.69) is 4.98 Å². The van der Waals surface area contributed by atoms with E-state index in [1.54, 1.807) is 18.3 Å². The topological polar surface area (TPSA) is 48.1 Å². The fourth-order valence-corrected chi connectivity index (χ4v) is 2.00. The maximum atomic E-state index is 6.12. The molecular weight excluding hydrogens is 280 g/mol. The van der Waals surface area contributed by atoms with Crippen LogP contribution in [0.1, 0.15) is 16.7 Å². The minimum absolute atomic E-state index is 0.255. The molecule has 19 heavy (non-hydrogen) atoms. The first-order valence-electron chi connectivity index (χ1n) is 5.68. The molecule has 3 nitrogen and oxygen atoms in total. The van der Waals surface area contributed by atoms with Crippen LogP contribution in [-0.4, -0.2) is 9.97 Å². The van der Waals surface area contributed by atoms with Gasteiger partial charge in [-0.05, 0) is 49.2 Å². The van der Waals surface area contributed by atoms with Crippen molar-refractivity contribution in [2.45, 2.75) is 13.8 Å². The monoisotopic (exact) mass is 292 g/mol. The fourth-order valence-electron chi connectivity index (χ4n) is 1.74. The molecule has 0 saturated heterocycles. The van der Waals surface area contributed by atoms with Gasteiger partial charge in [0.1, 0.15) is 10.7 Å². The fraction of sp³-hybridized carbons (Fsp3) is 0.143. The molecule has 0 spiro atoms. The molecule has 0 radical (unpaired) electrons. The van der Waals surface area contributed by atoms with Crippen LogP contribution < -0.4 is 10.5 Å². The first-order valence-corrected chi connectivity index (χ1v) is 6.47. The third kappa shape index (κ3) is 3.03. The van der Waals surface area contributed by atoms with Crippen molar-refractivity contribution in [3.05, 3.63) is 52.2 Å². The molecule has 5 heteroatoms. The lowest BCUT2D eigenvalue weighted by atomic mass is 10.1. The van der Waals surface area contributed by atoms with E-state index in [1.165, 1.54) is 0 Å². The van der Waals surface area contributed by atoms with Crippen molar-refractivity contribution in [3.63, 3.8) is 0 Å².